The van der Waals surface area contributed by atoms with Crippen LogP contribution in [0.2, 0.25) is 23.2 Å². The van der Waals surface area contributed by atoms with Gasteiger partial charge in [0.15, 0.2) is 8.32 Å². The van der Waals surface area contributed by atoms with Gasteiger partial charge >= 0.3 is 0 Å². The van der Waals surface area contributed by atoms with Crippen molar-refractivity contribution in [2.75, 3.05) is 13.9 Å². The van der Waals surface area contributed by atoms with Crippen LogP contribution >= 0.6 is 11.6 Å². The Labute approximate surface area is 140 Å². The van der Waals surface area contributed by atoms with Gasteiger partial charge in [0, 0.05) is 24.1 Å². The summed E-state index contributed by atoms with van der Waals surface area (Å²) in [5, 5.41) is 0.914. The quantitative estimate of drug-likeness (QED) is 0.559. The van der Waals surface area contributed by atoms with Gasteiger partial charge in [-0.3, -0.25) is 0 Å². The van der Waals surface area contributed by atoms with Gasteiger partial charge in [-0.1, -0.05) is 44.5 Å². The molecule has 0 unspecified atom stereocenters. The van der Waals surface area contributed by atoms with Gasteiger partial charge in [0.25, 0.3) is 0 Å². The SMILES string of the molecule is COCO[C@H]1c2c(Cl)cccc2C[C@H]1O[Si](C)(C)C(C)(C)C. The zero-order valence-electron chi connectivity index (χ0n) is 14.4. The zero-order valence-corrected chi connectivity index (χ0v) is 16.2. The van der Waals surface area contributed by atoms with Gasteiger partial charge in [-0.05, 0) is 29.8 Å². The monoisotopic (exact) mass is 342 g/mol. The molecule has 1 aliphatic rings. The molecular weight excluding hydrogens is 316 g/mol. The standard InChI is InChI=1S/C17H27ClO3Si/c1-17(2,3)22(5,6)21-14-10-12-8-7-9-13(18)15(12)16(14)20-11-19-4/h7-9,14,16H,10-11H2,1-6H3/t14-,16-/m1/s1. The lowest BCUT2D eigenvalue weighted by Crippen LogP contribution is -2.45. The van der Waals surface area contributed by atoms with E-state index in [9.17, 15) is 0 Å². The molecule has 0 fully saturated rings. The predicted octanol–water partition coefficient (Wildman–Crippen LogP) is 4.95. The summed E-state index contributed by atoms with van der Waals surface area (Å²) >= 11 is 6.40. The summed E-state index contributed by atoms with van der Waals surface area (Å²) < 4.78 is 17.6. The molecule has 5 heteroatoms. The molecule has 3 nitrogen and oxygen atoms in total. The first-order valence-electron chi connectivity index (χ1n) is 7.73. The van der Waals surface area contributed by atoms with E-state index in [0.29, 0.717) is 0 Å². The van der Waals surface area contributed by atoms with Crippen molar-refractivity contribution in [1.29, 1.82) is 0 Å². The molecule has 0 aliphatic heterocycles. The molecular formula is C17H27ClO3Si. The van der Waals surface area contributed by atoms with E-state index in [0.717, 1.165) is 17.0 Å². The third kappa shape index (κ3) is 3.57. The molecule has 0 spiro atoms. The summed E-state index contributed by atoms with van der Waals surface area (Å²) in [6.07, 6.45) is 0.695. The molecule has 0 bridgehead atoms. The van der Waals surface area contributed by atoms with Crippen molar-refractivity contribution < 1.29 is 13.9 Å². The van der Waals surface area contributed by atoms with E-state index < -0.39 is 8.32 Å². The molecule has 0 saturated heterocycles. The van der Waals surface area contributed by atoms with Gasteiger partial charge in [-0.15, -0.1) is 0 Å². The van der Waals surface area contributed by atoms with Crippen molar-refractivity contribution in [1.82, 2.24) is 0 Å². The second kappa shape index (κ2) is 6.61. The molecule has 22 heavy (non-hydrogen) atoms. The van der Waals surface area contributed by atoms with E-state index in [1.807, 2.05) is 12.1 Å². The lowest BCUT2D eigenvalue weighted by Gasteiger charge is -2.39. The van der Waals surface area contributed by atoms with Crippen LogP contribution in [-0.2, 0) is 20.3 Å². The first-order valence-corrected chi connectivity index (χ1v) is 11.0. The minimum atomic E-state index is -1.87. The van der Waals surface area contributed by atoms with E-state index in [1.54, 1.807) is 7.11 Å². The van der Waals surface area contributed by atoms with Gasteiger partial charge < -0.3 is 13.9 Å². The second-order valence-corrected chi connectivity index (χ2v) is 12.6. The molecule has 0 saturated carbocycles. The number of fused-ring (bicyclic) bond motifs is 1. The number of ether oxygens (including phenoxy) is 2. The Bertz CT molecular complexity index is 525. The summed E-state index contributed by atoms with van der Waals surface area (Å²) in [6.45, 7) is 11.5. The van der Waals surface area contributed by atoms with Gasteiger partial charge in [0.1, 0.15) is 12.9 Å². The minimum absolute atomic E-state index is 0.00550. The van der Waals surface area contributed by atoms with Gasteiger partial charge in [0.2, 0.25) is 0 Å². The fourth-order valence-corrected chi connectivity index (χ4v) is 4.20. The van der Waals surface area contributed by atoms with Crippen molar-refractivity contribution in [2.45, 2.75) is 57.5 Å². The Kier molecular flexibility index (Phi) is 5.40. The Morgan fingerprint density at radius 3 is 2.55 bits per heavy atom. The Hall–Kier alpha value is -0.393. The van der Waals surface area contributed by atoms with E-state index in [4.69, 9.17) is 25.5 Å². The first kappa shape index (κ1) is 18.0. The van der Waals surface area contributed by atoms with E-state index in [1.165, 1.54) is 5.56 Å². The Balaban J connectivity index is 2.27. The average Bonchev–Trinajstić information content (AvgIpc) is 2.73. The maximum absolute atomic E-state index is 6.61. The fourth-order valence-electron chi connectivity index (χ4n) is 2.58. The maximum Gasteiger partial charge on any atom is 0.192 e. The highest BCUT2D eigenvalue weighted by atomic mass is 35.5. The summed E-state index contributed by atoms with van der Waals surface area (Å²) in [7, 11) is -0.240. The zero-order chi connectivity index (χ0) is 16.5. The summed E-state index contributed by atoms with van der Waals surface area (Å²) in [4.78, 5) is 0. The van der Waals surface area contributed by atoms with Crippen LogP contribution in [0, 0.1) is 0 Å². The van der Waals surface area contributed by atoms with Gasteiger partial charge in [0.05, 0.1) is 6.10 Å². The molecule has 0 N–H and O–H groups in total. The second-order valence-electron chi connectivity index (χ2n) is 7.43. The topological polar surface area (TPSA) is 27.7 Å². The van der Waals surface area contributed by atoms with Gasteiger partial charge in [-0.25, -0.2) is 0 Å². The summed E-state index contributed by atoms with van der Waals surface area (Å²) in [5.74, 6) is 0. The van der Waals surface area contributed by atoms with Crippen molar-refractivity contribution in [3.05, 3.63) is 34.3 Å². The van der Waals surface area contributed by atoms with Crippen LogP contribution in [0.15, 0.2) is 18.2 Å². The number of methoxy groups -OCH3 is 1. The fraction of sp³-hybridized carbons (Fsp3) is 0.647. The largest absolute Gasteiger partial charge is 0.411 e. The first-order chi connectivity index (χ1) is 10.2. The van der Waals surface area contributed by atoms with Crippen LogP contribution in [0.5, 0.6) is 0 Å². The number of benzene rings is 1. The van der Waals surface area contributed by atoms with Crippen molar-refractivity contribution in [3.8, 4) is 0 Å². The minimum Gasteiger partial charge on any atom is -0.411 e. The van der Waals surface area contributed by atoms with E-state index in [-0.39, 0.29) is 24.0 Å². The van der Waals surface area contributed by atoms with Crippen LogP contribution < -0.4 is 0 Å². The van der Waals surface area contributed by atoms with Crippen LogP contribution in [0.1, 0.15) is 38.0 Å². The molecule has 2 rings (SSSR count). The number of hydrogen-bond acceptors (Lipinski definition) is 3. The number of hydrogen-bond donors (Lipinski definition) is 0. The van der Waals surface area contributed by atoms with E-state index in [2.05, 4.69) is 39.9 Å². The average molecular weight is 343 g/mol. The van der Waals surface area contributed by atoms with Crippen molar-refractivity contribution in [2.24, 2.45) is 0 Å². The van der Waals surface area contributed by atoms with E-state index >= 15 is 0 Å². The Morgan fingerprint density at radius 2 is 1.95 bits per heavy atom. The molecule has 1 aromatic rings. The highest BCUT2D eigenvalue weighted by Gasteiger charge is 2.44. The summed E-state index contributed by atoms with van der Waals surface area (Å²) in [6, 6.07) is 6.01. The van der Waals surface area contributed by atoms with Crippen LogP contribution in [0.3, 0.4) is 0 Å². The predicted molar refractivity (Wildman–Crippen MR) is 92.9 cm³/mol. The molecule has 2 atom stereocenters. The van der Waals surface area contributed by atoms with Crippen molar-refractivity contribution in [3.63, 3.8) is 0 Å². The lowest BCUT2D eigenvalue weighted by molar-refractivity contribution is -0.105. The maximum atomic E-state index is 6.61. The van der Waals surface area contributed by atoms with Crippen LogP contribution in [0.4, 0.5) is 0 Å². The lowest BCUT2D eigenvalue weighted by atomic mass is 10.1. The highest BCUT2D eigenvalue weighted by molar-refractivity contribution is 6.74. The van der Waals surface area contributed by atoms with Crippen LogP contribution in [0.25, 0.3) is 0 Å². The molecule has 1 aromatic carbocycles. The number of halogens is 1. The normalized spacial score (nSPS) is 22.0. The van der Waals surface area contributed by atoms with Crippen molar-refractivity contribution >= 4 is 19.9 Å². The van der Waals surface area contributed by atoms with Crippen LogP contribution in [-0.4, -0.2) is 28.3 Å². The molecule has 0 aromatic heterocycles. The molecule has 0 radical (unpaired) electrons. The smallest absolute Gasteiger partial charge is 0.192 e. The molecule has 0 amide bonds. The molecule has 1 aliphatic carbocycles. The summed E-state index contributed by atoms with van der Waals surface area (Å²) in [5.41, 5.74) is 2.28. The van der Waals surface area contributed by atoms with Gasteiger partial charge in [-0.2, -0.15) is 0 Å². The third-order valence-electron chi connectivity index (χ3n) is 4.80. The molecule has 124 valence electrons. The number of rotatable bonds is 5. The highest BCUT2D eigenvalue weighted by Crippen LogP contribution is 2.45. The third-order valence-corrected chi connectivity index (χ3v) is 9.64. The Morgan fingerprint density at radius 1 is 1.27 bits per heavy atom. The molecule has 0 heterocycles.